The van der Waals surface area contributed by atoms with E-state index in [1.807, 2.05) is 0 Å². The molecule has 0 unspecified atom stereocenters. The van der Waals surface area contributed by atoms with E-state index >= 15 is 0 Å². The van der Waals surface area contributed by atoms with Gasteiger partial charge in [0.15, 0.2) is 4.77 Å². The molecule has 1 aliphatic rings. The average Bonchev–Trinajstić information content (AvgIpc) is 2.69. The summed E-state index contributed by atoms with van der Waals surface area (Å²) in [5.74, 6) is 2.01. The predicted octanol–water partition coefficient (Wildman–Crippen LogP) is 3.47. The van der Waals surface area contributed by atoms with Crippen molar-refractivity contribution in [3.05, 3.63) is 10.6 Å². The van der Waals surface area contributed by atoms with Crippen molar-refractivity contribution in [2.45, 2.75) is 58.4 Å². The smallest absolute Gasteiger partial charge is 0.195 e. The molecule has 0 aliphatic heterocycles. The van der Waals surface area contributed by atoms with Gasteiger partial charge in [-0.2, -0.15) is 5.10 Å². The lowest BCUT2D eigenvalue weighted by atomic mass is 9.87. The summed E-state index contributed by atoms with van der Waals surface area (Å²) in [6, 6.07) is 0. The summed E-state index contributed by atoms with van der Waals surface area (Å²) in [6.45, 7) is 3.17. The molecule has 0 atom stereocenters. The van der Waals surface area contributed by atoms with E-state index in [-0.39, 0.29) is 0 Å². The average molecular weight is 239 g/mol. The molecular weight excluding hydrogens is 218 g/mol. The monoisotopic (exact) mass is 239 g/mol. The quantitative estimate of drug-likeness (QED) is 0.816. The third-order valence-corrected chi connectivity index (χ3v) is 3.95. The van der Waals surface area contributed by atoms with Gasteiger partial charge in [0, 0.05) is 13.0 Å². The van der Waals surface area contributed by atoms with Crippen LogP contribution in [0.1, 0.15) is 51.3 Å². The fourth-order valence-corrected chi connectivity index (χ4v) is 2.88. The molecule has 16 heavy (non-hydrogen) atoms. The van der Waals surface area contributed by atoms with Crippen LogP contribution in [0.5, 0.6) is 0 Å². The Kier molecular flexibility index (Phi) is 4.16. The number of nitrogens with zero attached hydrogens (tertiary/aromatic N) is 2. The van der Waals surface area contributed by atoms with Crippen molar-refractivity contribution in [1.82, 2.24) is 14.8 Å². The Labute approximate surface area is 102 Å². The topological polar surface area (TPSA) is 33.6 Å². The number of aromatic nitrogens is 3. The van der Waals surface area contributed by atoms with Crippen molar-refractivity contribution in [2.24, 2.45) is 5.92 Å². The zero-order valence-corrected chi connectivity index (χ0v) is 10.9. The molecule has 1 fully saturated rings. The van der Waals surface area contributed by atoms with E-state index in [9.17, 15) is 0 Å². The van der Waals surface area contributed by atoms with Crippen LogP contribution in [-0.4, -0.2) is 14.8 Å². The van der Waals surface area contributed by atoms with Gasteiger partial charge in [-0.3, -0.25) is 5.10 Å². The molecule has 1 saturated carbocycles. The molecule has 0 bridgehead atoms. The third-order valence-electron chi connectivity index (χ3n) is 3.64. The van der Waals surface area contributed by atoms with Gasteiger partial charge in [-0.1, -0.05) is 39.0 Å². The van der Waals surface area contributed by atoms with Gasteiger partial charge in [-0.15, -0.1) is 0 Å². The Bertz CT molecular complexity index is 374. The van der Waals surface area contributed by atoms with E-state index in [0.717, 1.165) is 29.5 Å². The van der Waals surface area contributed by atoms with E-state index in [0.29, 0.717) is 0 Å². The van der Waals surface area contributed by atoms with Gasteiger partial charge in [-0.05, 0) is 24.6 Å². The summed E-state index contributed by atoms with van der Waals surface area (Å²) >= 11 is 5.25. The molecule has 3 nitrogen and oxygen atoms in total. The maximum Gasteiger partial charge on any atom is 0.195 e. The second-order valence-corrected chi connectivity index (χ2v) is 5.13. The molecule has 90 valence electrons. The molecule has 1 aromatic rings. The van der Waals surface area contributed by atoms with Crippen LogP contribution in [-0.2, 0) is 13.0 Å². The van der Waals surface area contributed by atoms with Gasteiger partial charge >= 0.3 is 0 Å². The molecule has 2 rings (SSSR count). The van der Waals surface area contributed by atoms with Crippen molar-refractivity contribution in [1.29, 1.82) is 0 Å². The largest absolute Gasteiger partial charge is 0.304 e. The van der Waals surface area contributed by atoms with Crippen molar-refractivity contribution >= 4 is 12.2 Å². The van der Waals surface area contributed by atoms with Gasteiger partial charge in [0.2, 0.25) is 0 Å². The lowest BCUT2D eigenvalue weighted by molar-refractivity contribution is 0.322. The number of hydrogen-bond donors (Lipinski definition) is 1. The van der Waals surface area contributed by atoms with Gasteiger partial charge in [0.1, 0.15) is 5.82 Å². The lowest BCUT2D eigenvalue weighted by Crippen LogP contribution is -2.11. The summed E-state index contributed by atoms with van der Waals surface area (Å²) < 4.78 is 2.96. The predicted molar refractivity (Wildman–Crippen MR) is 68.0 cm³/mol. The highest BCUT2D eigenvalue weighted by Crippen LogP contribution is 2.26. The molecule has 0 saturated heterocycles. The molecular formula is C12H21N3S. The minimum atomic E-state index is 0.785. The van der Waals surface area contributed by atoms with Gasteiger partial charge in [0.25, 0.3) is 0 Å². The van der Waals surface area contributed by atoms with Crippen LogP contribution >= 0.6 is 12.2 Å². The Morgan fingerprint density at radius 1 is 1.38 bits per heavy atom. The zero-order valence-electron chi connectivity index (χ0n) is 10.0. The van der Waals surface area contributed by atoms with E-state index in [1.54, 1.807) is 0 Å². The molecule has 0 amide bonds. The van der Waals surface area contributed by atoms with Crippen molar-refractivity contribution < 1.29 is 0 Å². The van der Waals surface area contributed by atoms with Gasteiger partial charge in [0.05, 0.1) is 0 Å². The summed E-state index contributed by atoms with van der Waals surface area (Å²) in [6.07, 6.45) is 9.31. The highest BCUT2D eigenvalue weighted by Gasteiger charge is 2.14. The Morgan fingerprint density at radius 2 is 2.12 bits per heavy atom. The Morgan fingerprint density at radius 3 is 2.81 bits per heavy atom. The Balaban J connectivity index is 1.93. The number of H-pyrrole nitrogens is 1. The second-order valence-electron chi connectivity index (χ2n) is 4.74. The van der Waals surface area contributed by atoms with Crippen molar-refractivity contribution in [3.8, 4) is 0 Å². The maximum atomic E-state index is 5.25. The van der Waals surface area contributed by atoms with Crippen LogP contribution in [0.25, 0.3) is 0 Å². The number of aryl methyl sites for hydroxylation is 1. The van der Waals surface area contributed by atoms with E-state index < -0.39 is 0 Å². The van der Waals surface area contributed by atoms with E-state index in [4.69, 9.17) is 12.2 Å². The SMILES string of the molecule is CCc1n[nH]c(=S)n1CCC1CCCCC1. The highest BCUT2D eigenvalue weighted by molar-refractivity contribution is 7.71. The standard InChI is InChI=1S/C12H21N3S/c1-2-11-13-14-12(16)15(11)9-8-10-6-4-3-5-7-10/h10H,2-9H2,1H3,(H,14,16). The molecule has 0 radical (unpaired) electrons. The van der Waals surface area contributed by atoms with Crippen LogP contribution in [0.4, 0.5) is 0 Å². The number of nitrogens with one attached hydrogen (secondary N) is 1. The first-order chi connectivity index (χ1) is 7.81. The maximum absolute atomic E-state index is 5.25. The summed E-state index contributed by atoms with van der Waals surface area (Å²) in [7, 11) is 0. The fraction of sp³-hybridized carbons (Fsp3) is 0.833. The van der Waals surface area contributed by atoms with Crippen LogP contribution in [0.15, 0.2) is 0 Å². The first-order valence-corrected chi connectivity index (χ1v) is 6.86. The molecule has 1 heterocycles. The molecule has 0 spiro atoms. The van der Waals surface area contributed by atoms with Crippen LogP contribution in [0.2, 0.25) is 0 Å². The normalized spacial score (nSPS) is 17.8. The van der Waals surface area contributed by atoms with Crippen LogP contribution in [0.3, 0.4) is 0 Å². The number of aromatic amines is 1. The van der Waals surface area contributed by atoms with Crippen molar-refractivity contribution in [3.63, 3.8) is 0 Å². The first kappa shape index (κ1) is 11.8. The first-order valence-electron chi connectivity index (χ1n) is 6.45. The summed E-state index contributed by atoms with van der Waals surface area (Å²) in [5.41, 5.74) is 0. The molecule has 0 aromatic carbocycles. The second kappa shape index (κ2) is 5.62. The molecule has 1 aliphatic carbocycles. The zero-order chi connectivity index (χ0) is 11.4. The van der Waals surface area contributed by atoms with E-state index in [1.165, 1.54) is 38.5 Å². The number of hydrogen-bond acceptors (Lipinski definition) is 2. The third kappa shape index (κ3) is 2.73. The molecule has 4 heteroatoms. The minimum absolute atomic E-state index is 0.785. The summed E-state index contributed by atoms with van der Waals surface area (Å²) in [4.78, 5) is 0. The molecule has 1 N–H and O–H groups in total. The highest BCUT2D eigenvalue weighted by atomic mass is 32.1. The number of rotatable bonds is 4. The fourth-order valence-electron chi connectivity index (χ4n) is 2.64. The minimum Gasteiger partial charge on any atom is -0.304 e. The van der Waals surface area contributed by atoms with Gasteiger partial charge < -0.3 is 4.57 Å². The molecule has 1 aromatic heterocycles. The van der Waals surface area contributed by atoms with Gasteiger partial charge in [-0.25, -0.2) is 0 Å². The lowest BCUT2D eigenvalue weighted by Gasteiger charge is -2.21. The van der Waals surface area contributed by atoms with Crippen LogP contribution < -0.4 is 0 Å². The van der Waals surface area contributed by atoms with E-state index in [2.05, 4.69) is 21.7 Å². The van der Waals surface area contributed by atoms with Crippen molar-refractivity contribution in [2.75, 3.05) is 0 Å². The van der Waals surface area contributed by atoms with Crippen LogP contribution in [0, 0.1) is 10.7 Å². The Hall–Kier alpha value is -0.640. The summed E-state index contributed by atoms with van der Waals surface area (Å²) in [5, 5.41) is 7.14.